The van der Waals surface area contributed by atoms with Crippen LogP contribution in [0.2, 0.25) is 0 Å². The maximum absolute atomic E-state index is 12.2. The van der Waals surface area contributed by atoms with E-state index < -0.39 is 12.6 Å². The first-order valence-corrected chi connectivity index (χ1v) is 9.85. The number of hydrogen-bond acceptors (Lipinski definition) is 2. The van der Waals surface area contributed by atoms with Crippen LogP contribution >= 0.6 is 24.0 Å². The van der Waals surface area contributed by atoms with Gasteiger partial charge in [-0.25, -0.2) is 0 Å². The number of hydrogen-bond donors (Lipinski definition) is 2. The lowest BCUT2D eigenvalue weighted by atomic mass is 10.1. The van der Waals surface area contributed by atoms with Gasteiger partial charge in [-0.15, -0.1) is 24.0 Å². The van der Waals surface area contributed by atoms with Gasteiger partial charge in [0.1, 0.15) is 0 Å². The van der Waals surface area contributed by atoms with E-state index in [0.717, 1.165) is 13.1 Å². The van der Waals surface area contributed by atoms with Gasteiger partial charge in [0.05, 0.1) is 6.04 Å². The zero-order chi connectivity index (χ0) is 19.7. The summed E-state index contributed by atoms with van der Waals surface area (Å²) >= 11 is 0. The van der Waals surface area contributed by atoms with Gasteiger partial charge in [-0.1, -0.05) is 12.1 Å². The van der Waals surface area contributed by atoms with Crippen molar-refractivity contribution in [3.05, 3.63) is 29.8 Å². The van der Waals surface area contributed by atoms with Crippen molar-refractivity contribution in [2.45, 2.75) is 58.2 Å². The summed E-state index contributed by atoms with van der Waals surface area (Å²) in [7, 11) is 0. The second-order valence-corrected chi connectivity index (χ2v) is 6.99. The number of rotatable bonds is 8. The molecule has 0 radical (unpaired) electrons. The van der Waals surface area contributed by atoms with E-state index in [2.05, 4.69) is 51.7 Å². The van der Waals surface area contributed by atoms with Crippen LogP contribution in [0.15, 0.2) is 29.3 Å². The third-order valence-corrected chi connectivity index (χ3v) is 4.68. The second kappa shape index (κ2) is 12.4. The number of nitrogens with zero attached hydrogens (tertiary/aromatic N) is 2. The van der Waals surface area contributed by atoms with Gasteiger partial charge in [0, 0.05) is 38.3 Å². The molecule has 0 amide bonds. The number of aliphatic imine (C=N–C) groups is 1. The van der Waals surface area contributed by atoms with Crippen LogP contribution in [0.4, 0.5) is 18.9 Å². The van der Waals surface area contributed by atoms with E-state index in [1.54, 1.807) is 0 Å². The molecule has 160 valence electrons. The summed E-state index contributed by atoms with van der Waals surface area (Å²) in [6.45, 7) is 7.33. The highest BCUT2D eigenvalue weighted by molar-refractivity contribution is 14.0. The number of alkyl halides is 3. The molecule has 28 heavy (non-hydrogen) atoms. The molecule has 2 rings (SSSR count). The van der Waals surface area contributed by atoms with Crippen molar-refractivity contribution in [3.63, 3.8) is 0 Å². The Morgan fingerprint density at radius 2 is 1.93 bits per heavy atom. The van der Waals surface area contributed by atoms with Gasteiger partial charge >= 0.3 is 6.18 Å². The molecular formula is C20H32F3IN4. The van der Waals surface area contributed by atoms with E-state index in [1.807, 2.05) is 6.92 Å². The van der Waals surface area contributed by atoms with Crippen molar-refractivity contribution < 1.29 is 13.2 Å². The summed E-state index contributed by atoms with van der Waals surface area (Å²) in [6, 6.07) is 8.56. The summed E-state index contributed by atoms with van der Waals surface area (Å²) in [5.74, 6) is 0.642. The molecule has 1 saturated heterocycles. The lowest BCUT2D eigenvalue weighted by molar-refractivity contribution is -0.135. The molecule has 1 aromatic carbocycles. The third-order valence-electron chi connectivity index (χ3n) is 4.68. The standard InChI is InChI=1S/C20H31F3N4.HI/c1-3-24-19(25-12-5-4-11-20(21,22)23)26-16(2)17-9-8-10-18(15-17)27-13-6-7-14-27;/h8-10,15-16H,3-7,11-14H2,1-2H3,(H2,24,25,26);1H. The van der Waals surface area contributed by atoms with Gasteiger partial charge in [0.15, 0.2) is 5.96 Å². The first-order chi connectivity index (χ1) is 12.9. The molecule has 1 fully saturated rings. The largest absolute Gasteiger partial charge is 0.389 e. The van der Waals surface area contributed by atoms with Gasteiger partial charge in [-0.2, -0.15) is 13.2 Å². The number of guanidine groups is 1. The quantitative estimate of drug-likeness (QED) is 0.216. The molecule has 1 aliphatic heterocycles. The van der Waals surface area contributed by atoms with Crippen LogP contribution in [0.5, 0.6) is 0 Å². The highest BCUT2D eigenvalue weighted by Gasteiger charge is 2.25. The molecule has 1 unspecified atom stereocenters. The predicted molar refractivity (Wildman–Crippen MR) is 121 cm³/mol. The summed E-state index contributed by atoms with van der Waals surface area (Å²) in [6.07, 6.45) is -1.81. The van der Waals surface area contributed by atoms with Gasteiger partial charge in [-0.3, -0.25) is 4.99 Å². The van der Waals surface area contributed by atoms with E-state index in [1.165, 1.54) is 24.1 Å². The number of nitrogens with one attached hydrogen (secondary N) is 2. The van der Waals surface area contributed by atoms with Crippen LogP contribution in [0.3, 0.4) is 0 Å². The molecule has 0 spiro atoms. The molecule has 8 heteroatoms. The molecule has 0 saturated carbocycles. The van der Waals surface area contributed by atoms with Gasteiger partial charge < -0.3 is 15.5 Å². The topological polar surface area (TPSA) is 39.7 Å². The third kappa shape index (κ3) is 8.87. The number of benzene rings is 1. The SMILES string of the molecule is CCNC(=NCCCCC(F)(F)F)NC(C)c1cccc(N2CCCC2)c1.I. The highest BCUT2D eigenvalue weighted by Crippen LogP contribution is 2.24. The summed E-state index contributed by atoms with van der Waals surface area (Å²) in [4.78, 5) is 6.81. The predicted octanol–water partition coefficient (Wildman–Crippen LogP) is 5.25. The second-order valence-electron chi connectivity index (χ2n) is 6.99. The lowest BCUT2D eigenvalue weighted by Crippen LogP contribution is -2.38. The summed E-state index contributed by atoms with van der Waals surface area (Å²) < 4.78 is 36.6. The van der Waals surface area contributed by atoms with Crippen LogP contribution in [-0.2, 0) is 0 Å². The lowest BCUT2D eigenvalue weighted by Gasteiger charge is -2.22. The number of halogens is 4. The van der Waals surface area contributed by atoms with E-state index in [9.17, 15) is 13.2 Å². The van der Waals surface area contributed by atoms with Crippen molar-refractivity contribution in [1.82, 2.24) is 10.6 Å². The molecule has 0 bridgehead atoms. The van der Waals surface area contributed by atoms with Crippen LogP contribution in [-0.4, -0.2) is 38.3 Å². The first-order valence-electron chi connectivity index (χ1n) is 9.85. The Morgan fingerprint density at radius 3 is 2.57 bits per heavy atom. The fourth-order valence-electron chi connectivity index (χ4n) is 3.20. The van der Waals surface area contributed by atoms with Crippen molar-refractivity contribution in [3.8, 4) is 0 Å². The zero-order valence-corrected chi connectivity index (χ0v) is 19.0. The van der Waals surface area contributed by atoms with Crippen LogP contribution in [0, 0.1) is 0 Å². The fourth-order valence-corrected chi connectivity index (χ4v) is 3.20. The van der Waals surface area contributed by atoms with Crippen molar-refractivity contribution >= 4 is 35.6 Å². The Bertz CT molecular complexity index is 601. The van der Waals surface area contributed by atoms with E-state index in [0.29, 0.717) is 25.5 Å². The van der Waals surface area contributed by atoms with Crippen LogP contribution in [0.25, 0.3) is 0 Å². The Labute approximate surface area is 183 Å². The van der Waals surface area contributed by atoms with Gasteiger partial charge in [0.2, 0.25) is 0 Å². The molecule has 0 aliphatic carbocycles. The molecule has 1 atom stereocenters. The van der Waals surface area contributed by atoms with Crippen molar-refractivity contribution in [2.24, 2.45) is 4.99 Å². The monoisotopic (exact) mass is 512 g/mol. The van der Waals surface area contributed by atoms with Crippen LogP contribution in [0.1, 0.15) is 57.6 Å². The minimum absolute atomic E-state index is 0. The molecule has 2 N–H and O–H groups in total. The number of anilines is 1. The Balaban J connectivity index is 0.00000392. The number of unbranched alkanes of at least 4 members (excludes halogenated alkanes) is 1. The van der Waals surface area contributed by atoms with Crippen molar-refractivity contribution in [2.75, 3.05) is 31.1 Å². The van der Waals surface area contributed by atoms with E-state index in [4.69, 9.17) is 0 Å². The van der Waals surface area contributed by atoms with E-state index in [-0.39, 0.29) is 36.4 Å². The maximum Gasteiger partial charge on any atom is 0.389 e. The smallest absolute Gasteiger partial charge is 0.372 e. The molecule has 1 heterocycles. The molecule has 0 aromatic heterocycles. The normalized spacial score (nSPS) is 15.9. The summed E-state index contributed by atoms with van der Waals surface area (Å²) in [5, 5.41) is 6.52. The minimum Gasteiger partial charge on any atom is -0.372 e. The minimum atomic E-state index is -4.08. The average Bonchev–Trinajstić information content (AvgIpc) is 3.15. The van der Waals surface area contributed by atoms with Crippen molar-refractivity contribution in [1.29, 1.82) is 0 Å². The molecule has 1 aliphatic rings. The fraction of sp³-hybridized carbons (Fsp3) is 0.650. The van der Waals surface area contributed by atoms with E-state index >= 15 is 0 Å². The Kier molecular flexibility index (Phi) is 11.0. The first kappa shape index (κ1) is 24.8. The molecule has 4 nitrogen and oxygen atoms in total. The maximum atomic E-state index is 12.2. The Morgan fingerprint density at radius 1 is 1.21 bits per heavy atom. The molecule has 1 aromatic rings. The zero-order valence-electron chi connectivity index (χ0n) is 16.7. The van der Waals surface area contributed by atoms with Gasteiger partial charge in [0.25, 0.3) is 0 Å². The Hall–Kier alpha value is -1.19. The highest BCUT2D eigenvalue weighted by atomic mass is 127. The molecular weight excluding hydrogens is 480 g/mol. The summed E-state index contributed by atoms with van der Waals surface area (Å²) in [5.41, 5.74) is 2.41. The van der Waals surface area contributed by atoms with Crippen LogP contribution < -0.4 is 15.5 Å². The average molecular weight is 512 g/mol. The van der Waals surface area contributed by atoms with Gasteiger partial charge in [-0.05, 0) is 57.2 Å².